The molecule has 1 unspecified atom stereocenters. The zero-order valence-corrected chi connectivity index (χ0v) is 11.8. The van der Waals surface area contributed by atoms with E-state index in [9.17, 15) is 9.90 Å². The summed E-state index contributed by atoms with van der Waals surface area (Å²) in [5.41, 5.74) is 1.76. The lowest BCUT2D eigenvalue weighted by Gasteiger charge is -2.14. The normalized spacial score (nSPS) is 12.8. The Morgan fingerprint density at radius 3 is 2.41 bits per heavy atom. The van der Waals surface area contributed by atoms with Crippen molar-refractivity contribution in [2.75, 3.05) is 0 Å². The van der Waals surface area contributed by atoms with Gasteiger partial charge in [0.25, 0.3) is 0 Å². The van der Waals surface area contributed by atoms with Gasteiger partial charge in [-0.2, -0.15) is 0 Å². The summed E-state index contributed by atoms with van der Waals surface area (Å²) < 4.78 is 0.622. The van der Waals surface area contributed by atoms with Crippen LogP contribution in [0.25, 0.3) is 0 Å². The van der Waals surface area contributed by atoms with Gasteiger partial charge in [-0.15, -0.1) is 0 Å². The summed E-state index contributed by atoms with van der Waals surface area (Å²) in [6.45, 7) is 5.75. The van der Waals surface area contributed by atoms with Crippen molar-refractivity contribution in [3.8, 4) is 5.75 Å². The molecule has 3 nitrogen and oxygen atoms in total. The lowest BCUT2D eigenvalue weighted by molar-refractivity contribution is -0.141. The number of aromatic hydroxyl groups is 1. The highest BCUT2D eigenvalue weighted by molar-refractivity contribution is 9.10. The third kappa shape index (κ3) is 3.46. The maximum Gasteiger partial charge on any atom is 0.306 e. The Labute approximate surface area is 110 Å². The number of benzene rings is 1. The molecule has 0 heterocycles. The lowest BCUT2D eigenvalue weighted by atomic mass is 9.95. The van der Waals surface area contributed by atoms with Crippen LogP contribution >= 0.6 is 15.9 Å². The van der Waals surface area contributed by atoms with E-state index in [0.717, 1.165) is 5.56 Å². The number of phenolic OH excluding ortho intramolecular Hbond substituents is 1. The van der Waals surface area contributed by atoms with Gasteiger partial charge in [-0.25, -0.2) is 0 Å². The van der Waals surface area contributed by atoms with E-state index in [4.69, 9.17) is 5.11 Å². The first-order chi connectivity index (χ1) is 7.82. The molecular weight excluding hydrogens is 284 g/mol. The van der Waals surface area contributed by atoms with E-state index in [1.54, 1.807) is 6.92 Å². The minimum Gasteiger partial charge on any atom is -0.506 e. The fraction of sp³-hybridized carbons (Fsp3) is 0.462. The van der Waals surface area contributed by atoms with Gasteiger partial charge < -0.3 is 10.2 Å². The first-order valence-electron chi connectivity index (χ1n) is 5.57. The van der Waals surface area contributed by atoms with Gasteiger partial charge in [-0.1, -0.05) is 26.8 Å². The maximum absolute atomic E-state index is 10.8. The van der Waals surface area contributed by atoms with Gasteiger partial charge in [0.2, 0.25) is 0 Å². The third-order valence-electron chi connectivity index (χ3n) is 2.78. The van der Waals surface area contributed by atoms with Crippen LogP contribution in [0.4, 0.5) is 0 Å². The number of hydrogen-bond donors (Lipinski definition) is 2. The molecule has 0 aliphatic heterocycles. The summed E-state index contributed by atoms with van der Waals surface area (Å²) in [5.74, 6) is -0.876. The number of rotatable bonds is 4. The number of carboxylic acid groups (broad SMARTS) is 1. The number of carboxylic acids is 1. The first-order valence-corrected chi connectivity index (χ1v) is 6.36. The summed E-state index contributed by atoms with van der Waals surface area (Å²) in [6, 6.07) is 3.75. The zero-order chi connectivity index (χ0) is 13.2. The predicted molar refractivity (Wildman–Crippen MR) is 70.4 cm³/mol. The highest BCUT2D eigenvalue weighted by atomic mass is 79.9. The molecule has 0 fully saturated rings. The Morgan fingerprint density at radius 2 is 1.94 bits per heavy atom. The topological polar surface area (TPSA) is 57.5 Å². The van der Waals surface area contributed by atoms with E-state index < -0.39 is 11.9 Å². The number of phenols is 1. The summed E-state index contributed by atoms with van der Waals surface area (Å²) in [4.78, 5) is 10.8. The number of carbonyl (C=O) groups is 1. The van der Waals surface area contributed by atoms with Gasteiger partial charge >= 0.3 is 5.97 Å². The third-order valence-corrected chi connectivity index (χ3v) is 3.38. The van der Waals surface area contributed by atoms with Crippen molar-refractivity contribution in [2.24, 2.45) is 5.92 Å². The van der Waals surface area contributed by atoms with Crippen molar-refractivity contribution in [1.29, 1.82) is 0 Å². The highest BCUT2D eigenvalue weighted by Crippen LogP contribution is 2.33. The molecular formula is C13H17BrO3. The smallest absolute Gasteiger partial charge is 0.306 e. The Balaban J connectivity index is 3.09. The van der Waals surface area contributed by atoms with Gasteiger partial charge in [0.15, 0.2) is 0 Å². The van der Waals surface area contributed by atoms with Crippen LogP contribution in [0, 0.1) is 5.92 Å². The van der Waals surface area contributed by atoms with Gasteiger partial charge in [-0.3, -0.25) is 4.79 Å². The summed E-state index contributed by atoms with van der Waals surface area (Å²) in [5, 5.41) is 18.8. The fourth-order valence-corrected chi connectivity index (χ4v) is 2.10. The second-order valence-electron chi connectivity index (χ2n) is 4.61. The van der Waals surface area contributed by atoms with Crippen LogP contribution < -0.4 is 0 Å². The van der Waals surface area contributed by atoms with Crippen LogP contribution in [0.15, 0.2) is 16.6 Å². The van der Waals surface area contributed by atoms with Crippen LogP contribution in [0.2, 0.25) is 0 Å². The number of hydrogen-bond acceptors (Lipinski definition) is 2. The molecule has 0 aromatic heterocycles. The van der Waals surface area contributed by atoms with Crippen LogP contribution in [-0.4, -0.2) is 16.2 Å². The second kappa shape index (κ2) is 5.54. The van der Waals surface area contributed by atoms with Gasteiger partial charge in [0.05, 0.1) is 10.4 Å². The van der Waals surface area contributed by atoms with Crippen molar-refractivity contribution < 1.29 is 15.0 Å². The molecule has 0 spiro atoms. The SMILES string of the molecule is CC(Cc1cc(C(C)C)cc(Br)c1O)C(=O)O. The molecule has 17 heavy (non-hydrogen) atoms. The van der Waals surface area contributed by atoms with E-state index in [0.29, 0.717) is 22.4 Å². The largest absolute Gasteiger partial charge is 0.506 e. The molecule has 0 saturated carbocycles. The molecule has 0 radical (unpaired) electrons. The molecule has 0 aliphatic carbocycles. The molecule has 1 atom stereocenters. The minimum absolute atomic E-state index is 0.141. The van der Waals surface area contributed by atoms with Crippen molar-refractivity contribution in [3.63, 3.8) is 0 Å². The van der Waals surface area contributed by atoms with Gasteiger partial charge in [0.1, 0.15) is 5.75 Å². The molecule has 0 amide bonds. The first kappa shape index (κ1) is 14.0. The molecule has 1 aromatic carbocycles. The van der Waals surface area contributed by atoms with E-state index in [-0.39, 0.29) is 5.75 Å². The molecule has 1 rings (SSSR count). The Kier molecular flexibility index (Phi) is 4.57. The molecule has 2 N–H and O–H groups in total. The molecule has 0 aliphatic rings. The van der Waals surface area contributed by atoms with E-state index in [2.05, 4.69) is 29.8 Å². The fourth-order valence-electron chi connectivity index (χ4n) is 1.59. The Bertz CT molecular complexity index is 427. The molecule has 0 bridgehead atoms. The van der Waals surface area contributed by atoms with E-state index in [1.807, 2.05) is 12.1 Å². The maximum atomic E-state index is 10.8. The summed E-state index contributed by atoms with van der Waals surface area (Å²) in [7, 11) is 0. The van der Waals surface area contributed by atoms with Crippen LogP contribution in [-0.2, 0) is 11.2 Å². The summed E-state index contributed by atoms with van der Waals surface area (Å²) >= 11 is 3.29. The minimum atomic E-state index is -0.851. The molecule has 0 saturated heterocycles. The predicted octanol–water partition coefficient (Wildman–Crippen LogP) is 3.54. The monoisotopic (exact) mass is 300 g/mol. The quantitative estimate of drug-likeness (QED) is 0.894. The number of halogens is 1. The van der Waals surface area contributed by atoms with Gasteiger partial charge in [0, 0.05) is 0 Å². The van der Waals surface area contributed by atoms with Crippen molar-refractivity contribution in [3.05, 3.63) is 27.7 Å². The van der Waals surface area contributed by atoms with E-state index in [1.165, 1.54) is 0 Å². The van der Waals surface area contributed by atoms with Crippen molar-refractivity contribution >= 4 is 21.9 Å². The standard InChI is InChI=1S/C13H17BrO3/c1-7(2)9-5-10(4-8(3)13(16)17)12(15)11(14)6-9/h5-8,15H,4H2,1-3H3,(H,16,17). The van der Waals surface area contributed by atoms with Gasteiger partial charge in [-0.05, 0) is 45.5 Å². The average Bonchev–Trinajstić information content (AvgIpc) is 2.23. The van der Waals surface area contributed by atoms with Crippen molar-refractivity contribution in [1.82, 2.24) is 0 Å². The molecule has 4 heteroatoms. The van der Waals surface area contributed by atoms with Crippen LogP contribution in [0.3, 0.4) is 0 Å². The second-order valence-corrected chi connectivity index (χ2v) is 5.46. The highest BCUT2D eigenvalue weighted by Gasteiger charge is 2.17. The average molecular weight is 301 g/mol. The summed E-state index contributed by atoms with van der Waals surface area (Å²) in [6.07, 6.45) is 0.334. The molecule has 94 valence electrons. The van der Waals surface area contributed by atoms with Crippen LogP contribution in [0.1, 0.15) is 37.8 Å². The van der Waals surface area contributed by atoms with E-state index >= 15 is 0 Å². The molecule has 1 aromatic rings. The number of aliphatic carboxylic acids is 1. The zero-order valence-electron chi connectivity index (χ0n) is 10.2. The van der Waals surface area contributed by atoms with Crippen LogP contribution in [0.5, 0.6) is 5.75 Å². The lowest BCUT2D eigenvalue weighted by Crippen LogP contribution is -2.12. The Hall–Kier alpha value is -1.03. The van der Waals surface area contributed by atoms with Crippen molar-refractivity contribution in [2.45, 2.75) is 33.1 Å². The Morgan fingerprint density at radius 1 is 1.35 bits per heavy atom.